The Labute approximate surface area is 128 Å². The van der Waals surface area contributed by atoms with Crippen LogP contribution < -0.4 is 0 Å². The van der Waals surface area contributed by atoms with Crippen molar-refractivity contribution < 1.29 is 5.11 Å². The molecule has 1 N–H and O–H groups in total. The maximum absolute atomic E-state index is 10.2. The molecule has 0 aliphatic heterocycles. The molecule has 2 aromatic rings. The second-order valence-corrected chi connectivity index (χ2v) is 6.96. The minimum Gasteiger partial charge on any atom is -0.508 e. The molecular weight excluding hydrogens is 256 g/mol. The van der Waals surface area contributed by atoms with Crippen LogP contribution >= 0.6 is 0 Å². The van der Waals surface area contributed by atoms with E-state index in [9.17, 15) is 5.11 Å². The molecule has 0 aromatic heterocycles. The van der Waals surface area contributed by atoms with E-state index in [0.29, 0.717) is 5.75 Å². The van der Waals surface area contributed by atoms with Crippen LogP contribution in [0, 0.1) is 0 Å². The Morgan fingerprint density at radius 1 is 0.857 bits per heavy atom. The zero-order valence-corrected chi connectivity index (χ0v) is 13.8. The number of hydrogen-bond donors (Lipinski definition) is 1. The molecule has 0 aliphatic carbocycles. The van der Waals surface area contributed by atoms with E-state index in [1.807, 2.05) is 18.2 Å². The lowest BCUT2D eigenvalue weighted by molar-refractivity contribution is 0.427. The minimum atomic E-state index is -0.0759. The molecule has 0 fully saturated rings. The molecule has 2 aromatic carbocycles. The zero-order chi connectivity index (χ0) is 15.7. The van der Waals surface area contributed by atoms with Gasteiger partial charge in [0.05, 0.1) is 0 Å². The topological polar surface area (TPSA) is 20.2 Å². The van der Waals surface area contributed by atoms with E-state index in [4.69, 9.17) is 0 Å². The monoisotopic (exact) mass is 282 g/mol. The predicted octanol–water partition coefficient (Wildman–Crippen LogP) is 5.41. The summed E-state index contributed by atoms with van der Waals surface area (Å²) in [6, 6.07) is 16.6. The van der Waals surface area contributed by atoms with Gasteiger partial charge < -0.3 is 5.11 Å². The molecule has 0 atom stereocenters. The van der Waals surface area contributed by atoms with E-state index in [1.165, 1.54) is 11.1 Å². The maximum Gasteiger partial charge on any atom is 0.119 e. The highest BCUT2D eigenvalue weighted by atomic mass is 16.3. The molecule has 0 unspecified atom stereocenters. The Balaban J connectivity index is 2.53. The summed E-state index contributed by atoms with van der Waals surface area (Å²) in [7, 11) is 0. The van der Waals surface area contributed by atoms with Crippen LogP contribution in [0.25, 0.3) is 0 Å². The highest BCUT2D eigenvalue weighted by molar-refractivity contribution is 5.46. The van der Waals surface area contributed by atoms with Crippen LogP contribution in [0.3, 0.4) is 0 Å². The van der Waals surface area contributed by atoms with Crippen LogP contribution in [0.2, 0.25) is 0 Å². The third kappa shape index (κ3) is 2.97. The molecule has 0 aliphatic rings. The summed E-state index contributed by atoms with van der Waals surface area (Å²) in [5.74, 6) is 0.398. The van der Waals surface area contributed by atoms with Crippen molar-refractivity contribution in [2.45, 2.75) is 51.9 Å². The molecule has 0 amide bonds. The van der Waals surface area contributed by atoms with Crippen LogP contribution in [0.4, 0.5) is 0 Å². The van der Waals surface area contributed by atoms with Gasteiger partial charge in [0.15, 0.2) is 0 Å². The fourth-order valence-corrected chi connectivity index (χ4v) is 2.68. The quantitative estimate of drug-likeness (QED) is 0.795. The van der Waals surface area contributed by atoms with Gasteiger partial charge in [-0.1, -0.05) is 77.1 Å². The van der Waals surface area contributed by atoms with E-state index < -0.39 is 0 Å². The number of hydrogen-bond acceptors (Lipinski definition) is 1. The lowest BCUT2D eigenvalue weighted by Crippen LogP contribution is -2.21. The molecular formula is C20H26O. The van der Waals surface area contributed by atoms with Crippen molar-refractivity contribution >= 4 is 0 Å². The van der Waals surface area contributed by atoms with E-state index in [-0.39, 0.29) is 10.8 Å². The first-order valence-electron chi connectivity index (χ1n) is 7.68. The molecule has 21 heavy (non-hydrogen) atoms. The molecule has 0 bridgehead atoms. The van der Waals surface area contributed by atoms with Gasteiger partial charge in [0.2, 0.25) is 0 Å². The first kappa shape index (κ1) is 15.6. The van der Waals surface area contributed by atoms with Gasteiger partial charge in [-0.3, -0.25) is 0 Å². The van der Waals surface area contributed by atoms with E-state index in [2.05, 4.69) is 65.0 Å². The third-order valence-electron chi connectivity index (χ3n) is 4.83. The van der Waals surface area contributed by atoms with Gasteiger partial charge in [0.25, 0.3) is 0 Å². The van der Waals surface area contributed by atoms with E-state index in [0.717, 1.165) is 12.0 Å². The number of phenolic OH excluding ortho intramolecular Hbond substituents is 1. The van der Waals surface area contributed by atoms with Crippen LogP contribution in [0.1, 0.15) is 57.7 Å². The standard InChI is InChI=1S/C20H26O/c1-6-19(2,3)17-14-16(12-13-18(17)21)20(4,5)15-10-8-7-9-11-15/h7-14,21H,6H2,1-5H3. The van der Waals surface area contributed by atoms with Gasteiger partial charge in [-0.05, 0) is 34.6 Å². The average molecular weight is 282 g/mol. The smallest absolute Gasteiger partial charge is 0.119 e. The summed E-state index contributed by atoms with van der Waals surface area (Å²) < 4.78 is 0. The number of rotatable bonds is 4. The minimum absolute atomic E-state index is 0.0210. The molecule has 0 radical (unpaired) electrons. The normalized spacial score (nSPS) is 12.4. The van der Waals surface area contributed by atoms with Crippen molar-refractivity contribution in [3.63, 3.8) is 0 Å². The van der Waals surface area contributed by atoms with Crippen LogP contribution in [-0.4, -0.2) is 5.11 Å². The van der Waals surface area contributed by atoms with Gasteiger partial charge in [-0.2, -0.15) is 0 Å². The van der Waals surface area contributed by atoms with Crippen LogP contribution in [-0.2, 0) is 10.8 Å². The Kier molecular flexibility index (Phi) is 4.13. The molecule has 112 valence electrons. The van der Waals surface area contributed by atoms with Gasteiger partial charge in [0, 0.05) is 5.41 Å². The van der Waals surface area contributed by atoms with Gasteiger partial charge in [0.1, 0.15) is 5.75 Å². The molecule has 2 rings (SSSR count). The SMILES string of the molecule is CCC(C)(C)c1cc(C(C)(C)c2ccccc2)ccc1O. The summed E-state index contributed by atoms with van der Waals surface area (Å²) in [4.78, 5) is 0. The van der Waals surface area contributed by atoms with E-state index in [1.54, 1.807) is 0 Å². The molecule has 1 heteroatoms. The lowest BCUT2D eigenvalue weighted by Gasteiger charge is -2.30. The highest BCUT2D eigenvalue weighted by Gasteiger charge is 2.27. The maximum atomic E-state index is 10.2. The van der Waals surface area contributed by atoms with Crippen molar-refractivity contribution in [1.82, 2.24) is 0 Å². The molecule has 0 heterocycles. The molecule has 1 nitrogen and oxygen atoms in total. The van der Waals surface area contributed by atoms with Crippen molar-refractivity contribution in [3.8, 4) is 5.75 Å². The first-order chi connectivity index (χ1) is 9.79. The Bertz CT molecular complexity index is 609. The van der Waals surface area contributed by atoms with Crippen molar-refractivity contribution in [1.29, 1.82) is 0 Å². The van der Waals surface area contributed by atoms with Crippen molar-refractivity contribution in [2.75, 3.05) is 0 Å². The zero-order valence-electron chi connectivity index (χ0n) is 13.8. The number of phenols is 1. The second-order valence-electron chi connectivity index (χ2n) is 6.96. The first-order valence-corrected chi connectivity index (χ1v) is 7.68. The molecule has 0 spiro atoms. The van der Waals surface area contributed by atoms with Crippen LogP contribution in [0.5, 0.6) is 5.75 Å². The fraction of sp³-hybridized carbons (Fsp3) is 0.400. The lowest BCUT2D eigenvalue weighted by atomic mass is 9.74. The molecule has 0 saturated heterocycles. The summed E-state index contributed by atoms with van der Waals surface area (Å²) in [5, 5.41) is 10.2. The van der Waals surface area contributed by atoms with Crippen LogP contribution in [0.15, 0.2) is 48.5 Å². The summed E-state index contributed by atoms with van der Waals surface area (Å²) in [6.07, 6.45) is 0.996. The number of benzene rings is 2. The van der Waals surface area contributed by atoms with Gasteiger partial charge in [-0.15, -0.1) is 0 Å². The Morgan fingerprint density at radius 2 is 1.48 bits per heavy atom. The average Bonchev–Trinajstić information content (AvgIpc) is 2.48. The van der Waals surface area contributed by atoms with E-state index >= 15 is 0 Å². The largest absolute Gasteiger partial charge is 0.508 e. The van der Waals surface area contributed by atoms with Crippen molar-refractivity contribution in [3.05, 3.63) is 65.2 Å². The second kappa shape index (κ2) is 5.55. The third-order valence-corrected chi connectivity index (χ3v) is 4.83. The van der Waals surface area contributed by atoms with Crippen molar-refractivity contribution in [2.24, 2.45) is 0 Å². The molecule has 0 saturated carbocycles. The Morgan fingerprint density at radius 3 is 2.05 bits per heavy atom. The van der Waals surface area contributed by atoms with Gasteiger partial charge >= 0.3 is 0 Å². The number of aromatic hydroxyl groups is 1. The van der Waals surface area contributed by atoms with Gasteiger partial charge in [-0.25, -0.2) is 0 Å². The highest BCUT2D eigenvalue weighted by Crippen LogP contribution is 2.38. The summed E-state index contributed by atoms with van der Waals surface area (Å²) >= 11 is 0. The fourth-order valence-electron chi connectivity index (χ4n) is 2.68. The summed E-state index contributed by atoms with van der Waals surface area (Å²) in [6.45, 7) is 11.0. The summed E-state index contributed by atoms with van der Waals surface area (Å²) in [5.41, 5.74) is 3.46. The Hall–Kier alpha value is -1.76. The predicted molar refractivity (Wildman–Crippen MR) is 90.0 cm³/mol.